The fourth-order valence-corrected chi connectivity index (χ4v) is 2.99. The van der Waals surface area contributed by atoms with Gasteiger partial charge in [-0.15, -0.1) is 0 Å². The van der Waals surface area contributed by atoms with E-state index in [-0.39, 0.29) is 5.56 Å². The minimum atomic E-state index is -1.30. The van der Waals surface area contributed by atoms with Crippen LogP contribution in [0.15, 0.2) is 48.5 Å². The number of carbonyl (C=O) groups excluding carboxylic acids is 4. The third kappa shape index (κ3) is 4.16. The van der Waals surface area contributed by atoms with E-state index in [9.17, 15) is 23.6 Å². The van der Waals surface area contributed by atoms with Gasteiger partial charge in [0.15, 0.2) is 12.4 Å². The number of benzene rings is 2. The van der Waals surface area contributed by atoms with Gasteiger partial charge in [0.2, 0.25) is 0 Å². The van der Waals surface area contributed by atoms with E-state index in [2.05, 4.69) is 5.32 Å². The second-order valence-electron chi connectivity index (χ2n) is 6.91. The van der Waals surface area contributed by atoms with Crippen LogP contribution in [0.25, 0.3) is 0 Å². The average molecular weight is 398 g/mol. The summed E-state index contributed by atoms with van der Waals surface area (Å²) in [6.45, 7) is 2.19. The number of ketones is 1. The molecule has 1 heterocycles. The number of rotatable bonds is 6. The van der Waals surface area contributed by atoms with Crippen molar-refractivity contribution in [3.05, 3.63) is 71.0 Å². The van der Waals surface area contributed by atoms with Crippen LogP contribution in [0.2, 0.25) is 0 Å². The van der Waals surface area contributed by atoms with E-state index in [4.69, 9.17) is 4.74 Å². The lowest BCUT2D eigenvalue weighted by Gasteiger charge is -2.22. The van der Waals surface area contributed by atoms with Crippen molar-refractivity contribution in [1.82, 2.24) is 10.2 Å². The maximum Gasteiger partial charge on any atom is 0.326 e. The monoisotopic (exact) mass is 398 g/mol. The van der Waals surface area contributed by atoms with E-state index < -0.39 is 48.2 Å². The van der Waals surface area contributed by atoms with Crippen molar-refractivity contribution in [1.29, 1.82) is 0 Å². The van der Waals surface area contributed by atoms with Crippen molar-refractivity contribution < 1.29 is 28.3 Å². The Balaban J connectivity index is 1.63. The number of esters is 1. The fourth-order valence-electron chi connectivity index (χ4n) is 2.99. The third-order valence-corrected chi connectivity index (χ3v) is 4.70. The Morgan fingerprint density at radius 3 is 2.48 bits per heavy atom. The Morgan fingerprint density at radius 1 is 1.14 bits per heavy atom. The van der Waals surface area contributed by atoms with Gasteiger partial charge in [-0.25, -0.2) is 9.18 Å². The van der Waals surface area contributed by atoms with Crippen molar-refractivity contribution in [3.63, 3.8) is 0 Å². The number of hydrogen-bond donors (Lipinski definition) is 1. The molecule has 3 amide bonds. The number of amides is 3. The number of nitrogens with zero attached hydrogens (tertiary/aromatic N) is 1. The van der Waals surface area contributed by atoms with Gasteiger partial charge < -0.3 is 10.1 Å². The first kappa shape index (κ1) is 20.2. The van der Waals surface area contributed by atoms with Crippen LogP contribution in [-0.4, -0.2) is 41.7 Å². The van der Waals surface area contributed by atoms with Crippen LogP contribution in [0.5, 0.6) is 0 Å². The lowest BCUT2D eigenvalue weighted by Crippen LogP contribution is -2.41. The molecule has 0 saturated carbocycles. The Bertz CT molecular complexity index is 989. The molecule has 1 fully saturated rings. The first-order chi connectivity index (χ1) is 13.7. The predicted octanol–water partition coefficient (Wildman–Crippen LogP) is 2.33. The summed E-state index contributed by atoms with van der Waals surface area (Å²) in [4.78, 5) is 49.8. The highest BCUT2D eigenvalue weighted by Crippen LogP contribution is 2.28. The zero-order valence-electron chi connectivity index (χ0n) is 15.9. The van der Waals surface area contributed by atoms with Crippen LogP contribution in [0.1, 0.15) is 28.4 Å². The lowest BCUT2D eigenvalue weighted by molar-refractivity contribution is -0.146. The van der Waals surface area contributed by atoms with E-state index in [1.54, 1.807) is 19.1 Å². The number of ether oxygens (including phenoxy) is 1. The summed E-state index contributed by atoms with van der Waals surface area (Å²) in [7, 11) is 0. The normalized spacial score (nSPS) is 18.5. The molecule has 1 aliphatic heterocycles. The maximum absolute atomic E-state index is 13.2. The van der Waals surface area contributed by atoms with Crippen molar-refractivity contribution in [2.24, 2.45) is 0 Å². The Labute approximate surface area is 166 Å². The Hall–Kier alpha value is -3.55. The topological polar surface area (TPSA) is 92.8 Å². The number of imide groups is 1. The summed E-state index contributed by atoms with van der Waals surface area (Å²) < 4.78 is 18.0. The second-order valence-corrected chi connectivity index (χ2v) is 6.91. The molecular formula is C21H19FN2O5. The van der Waals surface area contributed by atoms with Gasteiger partial charge in [-0.2, -0.15) is 0 Å². The highest BCUT2D eigenvalue weighted by Gasteiger charge is 2.49. The molecule has 0 spiro atoms. The molecule has 0 aliphatic carbocycles. The fraction of sp³-hybridized carbons (Fsp3) is 0.238. The molecular weight excluding hydrogens is 379 g/mol. The van der Waals surface area contributed by atoms with Crippen molar-refractivity contribution in [3.8, 4) is 0 Å². The maximum atomic E-state index is 13.2. The molecule has 3 rings (SSSR count). The first-order valence-electron chi connectivity index (χ1n) is 8.86. The van der Waals surface area contributed by atoms with Crippen LogP contribution >= 0.6 is 0 Å². The Kier molecular flexibility index (Phi) is 5.45. The summed E-state index contributed by atoms with van der Waals surface area (Å²) >= 11 is 0. The van der Waals surface area contributed by atoms with Crippen LogP contribution in [0.4, 0.5) is 9.18 Å². The molecule has 1 aliphatic rings. The van der Waals surface area contributed by atoms with E-state index in [0.717, 1.165) is 16.5 Å². The van der Waals surface area contributed by atoms with Gasteiger partial charge in [0, 0.05) is 5.56 Å². The van der Waals surface area contributed by atoms with Gasteiger partial charge in [-0.3, -0.25) is 19.3 Å². The van der Waals surface area contributed by atoms with E-state index in [0.29, 0.717) is 5.56 Å². The molecule has 8 heteroatoms. The number of carbonyl (C=O) groups is 4. The smallest absolute Gasteiger partial charge is 0.326 e. The van der Waals surface area contributed by atoms with Crippen LogP contribution in [0, 0.1) is 12.7 Å². The van der Waals surface area contributed by atoms with Crippen molar-refractivity contribution in [2.75, 3.05) is 13.2 Å². The summed E-state index contributed by atoms with van der Waals surface area (Å²) in [6.07, 6.45) is 0. The minimum absolute atomic E-state index is 0.0553. The minimum Gasteiger partial charge on any atom is -0.456 e. The van der Waals surface area contributed by atoms with Gasteiger partial charge in [0.05, 0.1) is 0 Å². The summed E-state index contributed by atoms with van der Waals surface area (Å²) in [6, 6.07) is 11.3. The molecule has 29 heavy (non-hydrogen) atoms. The predicted molar refractivity (Wildman–Crippen MR) is 100 cm³/mol. The molecule has 0 unspecified atom stereocenters. The molecule has 2 aromatic carbocycles. The Morgan fingerprint density at radius 2 is 1.83 bits per heavy atom. The van der Waals surface area contributed by atoms with Crippen molar-refractivity contribution >= 4 is 23.7 Å². The molecule has 2 aromatic rings. The quantitative estimate of drug-likeness (QED) is 0.458. The van der Waals surface area contributed by atoms with E-state index >= 15 is 0 Å². The number of hydrogen-bond acceptors (Lipinski definition) is 5. The molecule has 1 saturated heterocycles. The standard InChI is InChI=1S/C21H19FN2O5/c1-13-6-8-15(9-7-13)21(2)19(27)24(20(28)23-21)11-18(26)29-12-17(25)14-4-3-5-16(22)10-14/h3-10H,11-12H2,1-2H3,(H,23,28)/t21-/m1/s1. The van der Waals surface area contributed by atoms with E-state index in [1.807, 2.05) is 19.1 Å². The summed E-state index contributed by atoms with van der Waals surface area (Å²) in [5.41, 5.74) is 0.332. The molecule has 1 N–H and O–H groups in total. The number of urea groups is 1. The summed E-state index contributed by atoms with van der Waals surface area (Å²) in [5.74, 6) is -2.71. The summed E-state index contributed by atoms with van der Waals surface area (Å²) in [5, 5.41) is 2.59. The highest BCUT2D eigenvalue weighted by molar-refractivity contribution is 6.09. The van der Waals surface area contributed by atoms with Crippen molar-refractivity contribution in [2.45, 2.75) is 19.4 Å². The first-order valence-corrected chi connectivity index (χ1v) is 8.86. The lowest BCUT2D eigenvalue weighted by atomic mass is 9.91. The van der Waals surface area contributed by atoms with Gasteiger partial charge in [0.1, 0.15) is 17.9 Å². The average Bonchev–Trinajstić information content (AvgIpc) is 2.90. The van der Waals surface area contributed by atoms with Crippen LogP contribution < -0.4 is 5.32 Å². The second kappa shape index (κ2) is 7.83. The van der Waals surface area contributed by atoms with Crippen LogP contribution in [-0.2, 0) is 19.9 Å². The zero-order chi connectivity index (χ0) is 21.2. The van der Waals surface area contributed by atoms with Gasteiger partial charge in [-0.05, 0) is 31.5 Å². The molecule has 0 radical (unpaired) electrons. The SMILES string of the molecule is Cc1ccc([C@@]2(C)NC(=O)N(CC(=O)OCC(=O)c3cccc(F)c3)C2=O)cc1. The number of Topliss-reactive ketones (excluding diaryl/α,β-unsaturated/α-hetero) is 1. The number of nitrogens with one attached hydrogen (secondary N) is 1. The van der Waals surface area contributed by atoms with Gasteiger partial charge in [0.25, 0.3) is 5.91 Å². The van der Waals surface area contributed by atoms with Gasteiger partial charge >= 0.3 is 12.0 Å². The zero-order valence-corrected chi connectivity index (χ0v) is 15.9. The largest absolute Gasteiger partial charge is 0.456 e. The highest BCUT2D eigenvalue weighted by atomic mass is 19.1. The molecule has 1 atom stereocenters. The van der Waals surface area contributed by atoms with Crippen LogP contribution in [0.3, 0.4) is 0 Å². The molecule has 0 aromatic heterocycles. The number of aryl methyl sites for hydroxylation is 1. The van der Waals surface area contributed by atoms with Gasteiger partial charge in [-0.1, -0.05) is 42.0 Å². The number of halogens is 1. The molecule has 0 bridgehead atoms. The van der Waals surface area contributed by atoms with E-state index in [1.165, 1.54) is 18.2 Å². The third-order valence-electron chi connectivity index (χ3n) is 4.70. The molecule has 150 valence electrons. The molecule has 7 nitrogen and oxygen atoms in total.